The van der Waals surface area contributed by atoms with E-state index in [2.05, 4.69) is 28.2 Å². The highest BCUT2D eigenvalue weighted by Crippen LogP contribution is 2.22. The number of hydrogen-bond acceptors (Lipinski definition) is 1. The smallest absolute Gasteiger partial charge is 0.124 e. The van der Waals surface area contributed by atoms with Gasteiger partial charge in [-0.2, -0.15) is 0 Å². The van der Waals surface area contributed by atoms with Gasteiger partial charge in [-0.15, -0.1) is 0 Å². The van der Waals surface area contributed by atoms with E-state index in [-0.39, 0.29) is 17.7 Å². The second kappa shape index (κ2) is 7.66. The molecule has 2 aromatic rings. The monoisotopic (exact) mass is 353 g/mol. The first-order valence-electron chi connectivity index (χ1n) is 7.02. The number of nitrogens with one attached hydrogen (secondary N) is 1. The van der Waals surface area contributed by atoms with Crippen LogP contribution in [0.3, 0.4) is 0 Å². The van der Waals surface area contributed by atoms with Gasteiger partial charge in [0, 0.05) is 10.5 Å². The standard InChI is InChI=1S/C17H18BrF2N/c1-2-7-21-17(13-3-5-15(19)6-4-13)10-12-8-14(18)11-16(20)9-12/h3-6,8-9,11,17,21H,2,7,10H2,1H3. The first-order chi connectivity index (χ1) is 10.1. The van der Waals surface area contributed by atoms with Crippen molar-refractivity contribution in [3.8, 4) is 0 Å². The number of rotatable bonds is 6. The van der Waals surface area contributed by atoms with Gasteiger partial charge in [-0.05, 0) is 60.8 Å². The fraction of sp³-hybridized carbons (Fsp3) is 0.294. The summed E-state index contributed by atoms with van der Waals surface area (Å²) in [6, 6.07) is 11.4. The van der Waals surface area contributed by atoms with E-state index in [9.17, 15) is 8.78 Å². The zero-order valence-corrected chi connectivity index (χ0v) is 13.5. The molecule has 1 nitrogen and oxygen atoms in total. The van der Waals surface area contributed by atoms with E-state index < -0.39 is 0 Å². The zero-order chi connectivity index (χ0) is 15.2. The average Bonchev–Trinajstić information content (AvgIpc) is 2.43. The largest absolute Gasteiger partial charge is 0.310 e. The third-order valence-corrected chi connectivity index (χ3v) is 3.73. The lowest BCUT2D eigenvalue weighted by Crippen LogP contribution is -2.24. The van der Waals surface area contributed by atoms with Crippen LogP contribution in [0.4, 0.5) is 8.78 Å². The van der Waals surface area contributed by atoms with Crippen LogP contribution in [0.15, 0.2) is 46.9 Å². The molecule has 0 saturated carbocycles. The van der Waals surface area contributed by atoms with E-state index in [1.54, 1.807) is 12.1 Å². The van der Waals surface area contributed by atoms with Crippen molar-refractivity contribution < 1.29 is 8.78 Å². The van der Waals surface area contributed by atoms with Gasteiger partial charge in [0.05, 0.1) is 0 Å². The SMILES string of the molecule is CCCNC(Cc1cc(F)cc(Br)c1)c1ccc(F)cc1. The van der Waals surface area contributed by atoms with Gasteiger partial charge in [0.25, 0.3) is 0 Å². The predicted octanol–water partition coefficient (Wildman–Crippen LogP) is 5.01. The summed E-state index contributed by atoms with van der Waals surface area (Å²) < 4.78 is 27.3. The third-order valence-electron chi connectivity index (χ3n) is 3.28. The quantitative estimate of drug-likeness (QED) is 0.769. The molecule has 1 atom stereocenters. The summed E-state index contributed by atoms with van der Waals surface area (Å²) >= 11 is 3.31. The molecule has 2 aromatic carbocycles. The highest BCUT2D eigenvalue weighted by Gasteiger charge is 2.12. The van der Waals surface area contributed by atoms with Crippen LogP contribution in [0, 0.1) is 11.6 Å². The lowest BCUT2D eigenvalue weighted by atomic mass is 9.98. The topological polar surface area (TPSA) is 12.0 Å². The summed E-state index contributed by atoms with van der Waals surface area (Å²) in [6.07, 6.45) is 1.66. The molecule has 4 heteroatoms. The van der Waals surface area contributed by atoms with Crippen molar-refractivity contribution in [1.29, 1.82) is 0 Å². The van der Waals surface area contributed by atoms with Gasteiger partial charge in [0.15, 0.2) is 0 Å². The highest BCUT2D eigenvalue weighted by molar-refractivity contribution is 9.10. The van der Waals surface area contributed by atoms with Crippen LogP contribution < -0.4 is 5.32 Å². The van der Waals surface area contributed by atoms with Crippen LogP contribution in [0.2, 0.25) is 0 Å². The van der Waals surface area contributed by atoms with Crippen molar-refractivity contribution in [3.05, 3.63) is 69.7 Å². The first-order valence-corrected chi connectivity index (χ1v) is 7.81. The van der Waals surface area contributed by atoms with E-state index >= 15 is 0 Å². The van der Waals surface area contributed by atoms with Gasteiger partial charge in [-0.3, -0.25) is 0 Å². The Morgan fingerprint density at radius 3 is 2.38 bits per heavy atom. The maximum Gasteiger partial charge on any atom is 0.124 e. The molecule has 2 rings (SSSR count). The van der Waals surface area contributed by atoms with Crippen molar-refractivity contribution >= 4 is 15.9 Å². The van der Waals surface area contributed by atoms with Crippen LogP contribution in [0.1, 0.15) is 30.5 Å². The molecule has 0 fully saturated rings. The molecular formula is C17H18BrF2N. The Morgan fingerprint density at radius 2 is 1.76 bits per heavy atom. The van der Waals surface area contributed by atoms with Crippen LogP contribution in [0.5, 0.6) is 0 Å². The summed E-state index contributed by atoms with van der Waals surface area (Å²) in [7, 11) is 0. The summed E-state index contributed by atoms with van der Waals surface area (Å²) in [4.78, 5) is 0. The zero-order valence-electron chi connectivity index (χ0n) is 11.9. The minimum absolute atomic E-state index is 0.0410. The van der Waals surface area contributed by atoms with E-state index in [0.29, 0.717) is 6.42 Å². The fourth-order valence-electron chi connectivity index (χ4n) is 2.29. The molecule has 0 aliphatic carbocycles. The van der Waals surface area contributed by atoms with E-state index in [4.69, 9.17) is 0 Å². The second-order valence-corrected chi connectivity index (χ2v) is 5.96. The van der Waals surface area contributed by atoms with Crippen LogP contribution >= 0.6 is 15.9 Å². The van der Waals surface area contributed by atoms with Crippen molar-refractivity contribution in [2.45, 2.75) is 25.8 Å². The molecule has 0 aromatic heterocycles. The van der Waals surface area contributed by atoms with Gasteiger partial charge < -0.3 is 5.32 Å². The first kappa shape index (κ1) is 16.1. The van der Waals surface area contributed by atoms with Crippen LogP contribution in [-0.4, -0.2) is 6.54 Å². The van der Waals surface area contributed by atoms with Crippen molar-refractivity contribution in [2.24, 2.45) is 0 Å². The molecular weight excluding hydrogens is 336 g/mol. The molecule has 21 heavy (non-hydrogen) atoms. The number of hydrogen-bond donors (Lipinski definition) is 1. The Kier molecular flexibility index (Phi) is 5.88. The summed E-state index contributed by atoms with van der Waals surface area (Å²) in [5, 5.41) is 3.43. The molecule has 112 valence electrons. The van der Waals surface area contributed by atoms with Gasteiger partial charge in [-0.1, -0.05) is 35.0 Å². The van der Waals surface area contributed by atoms with E-state index in [0.717, 1.165) is 28.6 Å². The molecule has 0 radical (unpaired) electrons. The van der Waals surface area contributed by atoms with Gasteiger partial charge in [0.2, 0.25) is 0 Å². The molecule has 0 spiro atoms. The van der Waals surface area contributed by atoms with Crippen LogP contribution in [0.25, 0.3) is 0 Å². The van der Waals surface area contributed by atoms with Gasteiger partial charge >= 0.3 is 0 Å². The Labute approximate surface area is 132 Å². The second-order valence-electron chi connectivity index (χ2n) is 5.04. The lowest BCUT2D eigenvalue weighted by molar-refractivity contribution is 0.525. The molecule has 0 aliphatic rings. The number of benzene rings is 2. The lowest BCUT2D eigenvalue weighted by Gasteiger charge is -2.19. The number of halogens is 3. The predicted molar refractivity (Wildman–Crippen MR) is 85.2 cm³/mol. The van der Waals surface area contributed by atoms with E-state index in [1.165, 1.54) is 24.3 Å². The van der Waals surface area contributed by atoms with E-state index in [1.807, 2.05) is 6.07 Å². The molecule has 1 unspecified atom stereocenters. The maximum absolute atomic E-state index is 13.5. The van der Waals surface area contributed by atoms with Gasteiger partial charge in [-0.25, -0.2) is 8.78 Å². The van der Waals surface area contributed by atoms with Gasteiger partial charge in [0.1, 0.15) is 11.6 Å². The molecule has 0 bridgehead atoms. The van der Waals surface area contributed by atoms with Crippen LogP contribution in [-0.2, 0) is 6.42 Å². The minimum Gasteiger partial charge on any atom is -0.310 e. The normalized spacial score (nSPS) is 12.4. The molecule has 1 N–H and O–H groups in total. The average molecular weight is 354 g/mol. The minimum atomic E-state index is -0.257. The summed E-state index contributed by atoms with van der Waals surface area (Å²) in [5.74, 6) is -0.505. The third kappa shape index (κ3) is 4.90. The fourth-order valence-corrected chi connectivity index (χ4v) is 2.80. The molecule has 0 heterocycles. The highest BCUT2D eigenvalue weighted by atomic mass is 79.9. The Morgan fingerprint density at radius 1 is 1.05 bits per heavy atom. The van der Waals surface area contributed by atoms with Crippen molar-refractivity contribution in [3.63, 3.8) is 0 Å². The van der Waals surface area contributed by atoms with Crippen molar-refractivity contribution in [2.75, 3.05) is 6.54 Å². The maximum atomic E-state index is 13.5. The molecule has 0 aliphatic heterocycles. The van der Waals surface area contributed by atoms with Crippen molar-refractivity contribution in [1.82, 2.24) is 5.32 Å². The Hall–Kier alpha value is -1.26. The summed E-state index contributed by atoms with van der Waals surface area (Å²) in [5.41, 5.74) is 1.91. The Bertz CT molecular complexity index is 564. The Balaban J connectivity index is 2.21. The summed E-state index contributed by atoms with van der Waals surface area (Å²) in [6.45, 7) is 2.95. The molecule has 0 saturated heterocycles. The molecule has 0 amide bonds.